The third kappa shape index (κ3) is 1.10. The summed E-state index contributed by atoms with van der Waals surface area (Å²) in [5.74, 6) is -2.63. The van der Waals surface area contributed by atoms with Crippen molar-refractivity contribution < 1.29 is 24.2 Å². The number of carbonyl (C=O) groups excluding carboxylic acids is 1. The number of hydrogen-bond acceptors (Lipinski definition) is 4. The van der Waals surface area contributed by atoms with Gasteiger partial charge in [-0.05, 0) is 19.4 Å². The highest BCUT2D eigenvalue weighted by Crippen LogP contribution is 2.60. The van der Waals surface area contributed by atoms with Crippen LogP contribution in [0, 0.1) is 11.8 Å². The van der Waals surface area contributed by atoms with Gasteiger partial charge >= 0.3 is 5.97 Å². The van der Waals surface area contributed by atoms with E-state index in [1.54, 1.807) is 17.9 Å². The average molecular weight is 265 g/mol. The minimum Gasteiger partial charge on any atom is -0.481 e. The Morgan fingerprint density at radius 2 is 2.32 bits per heavy atom. The maximum atomic E-state index is 12.5. The average Bonchev–Trinajstić information content (AvgIpc) is 2.94. The fourth-order valence-electron chi connectivity index (χ4n) is 4.10. The summed E-state index contributed by atoms with van der Waals surface area (Å²) in [6.07, 6.45) is 3.92. The lowest BCUT2D eigenvalue weighted by molar-refractivity contribution is -0.179. The van der Waals surface area contributed by atoms with Crippen molar-refractivity contribution >= 4 is 11.9 Å². The van der Waals surface area contributed by atoms with Crippen molar-refractivity contribution in [2.45, 2.75) is 30.8 Å². The van der Waals surface area contributed by atoms with Crippen LogP contribution in [0.15, 0.2) is 12.2 Å². The first-order chi connectivity index (χ1) is 9.00. The molecule has 1 spiro atoms. The van der Waals surface area contributed by atoms with Gasteiger partial charge in [0.25, 0.3) is 0 Å². The van der Waals surface area contributed by atoms with Gasteiger partial charge in [0.1, 0.15) is 11.5 Å². The van der Waals surface area contributed by atoms with E-state index in [-0.39, 0.29) is 5.91 Å². The molecule has 102 valence electrons. The van der Waals surface area contributed by atoms with Gasteiger partial charge in [-0.3, -0.25) is 9.59 Å². The van der Waals surface area contributed by atoms with Crippen LogP contribution >= 0.6 is 0 Å². The van der Waals surface area contributed by atoms with E-state index in [0.29, 0.717) is 13.2 Å². The lowest BCUT2D eigenvalue weighted by Gasteiger charge is -2.36. The van der Waals surface area contributed by atoms with Gasteiger partial charge in [-0.2, -0.15) is 0 Å². The first-order valence-corrected chi connectivity index (χ1v) is 6.55. The monoisotopic (exact) mass is 265 g/mol. The Labute approximate surface area is 110 Å². The maximum absolute atomic E-state index is 12.5. The lowest BCUT2D eigenvalue weighted by atomic mass is 9.72. The number of rotatable bonds is 1. The molecule has 0 saturated carbocycles. The van der Waals surface area contributed by atoms with Crippen molar-refractivity contribution in [1.29, 1.82) is 0 Å². The van der Waals surface area contributed by atoms with Crippen LogP contribution in [0.3, 0.4) is 0 Å². The van der Waals surface area contributed by atoms with Crippen LogP contribution in [-0.2, 0) is 19.1 Å². The standard InChI is InChI=1S/C13H15NO5/c1-12-3-4-13(19-12)7(8(12)10(16)17)9(15)14-5-2-6-18-11(13)14/h3-4,7-8,11H,2,5-6H2,1H3,(H,16,17)/t7-,8+,11+,12+,13-/m0/s1. The highest BCUT2D eigenvalue weighted by atomic mass is 16.6. The fraction of sp³-hybridized carbons (Fsp3) is 0.692. The molecule has 3 fully saturated rings. The summed E-state index contributed by atoms with van der Waals surface area (Å²) in [5, 5.41) is 9.47. The number of carboxylic acid groups (broad SMARTS) is 1. The van der Waals surface area contributed by atoms with E-state index >= 15 is 0 Å². The second kappa shape index (κ2) is 3.19. The summed E-state index contributed by atoms with van der Waals surface area (Å²) in [5.41, 5.74) is -1.81. The smallest absolute Gasteiger partial charge is 0.310 e. The third-order valence-electron chi connectivity index (χ3n) is 4.81. The molecule has 4 aliphatic heterocycles. The molecule has 0 aromatic heterocycles. The normalized spacial score (nSPS) is 50.5. The number of nitrogens with zero attached hydrogens (tertiary/aromatic N) is 1. The molecular weight excluding hydrogens is 250 g/mol. The zero-order valence-corrected chi connectivity index (χ0v) is 10.5. The molecule has 1 N–H and O–H groups in total. The Balaban J connectivity index is 1.86. The number of hydrogen-bond donors (Lipinski definition) is 1. The molecule has 4 rings (SSSR count). The summed E-state index contributed by atoms with van der Waals surface area (Å²) in [4.78, 5) is 25.7. The Kier molecular flexibility index (Phi) is 1.92. The van der Waals surface area contributed by atoms with E-state index in [9.17, 15) is 14.7 Å². The molecular formula is C13H15NO5. The molecule has 4 aliphatic rings. The van der Waals surface area contributed by atoms with E-state index in [0.717, 1.165) is 6.42 Å². The molecule has 5 atom stereocenters. The highest BCUT2D eigenvalue weighted by Gasteiger charge is 2.75. The second-order valence-electron chi connectivity index (χ2n) is 5.87. The SMILES string of the molecule is C[C@]12C=C[C@]3(O1)[C@H](C(=O)N1CCCO[C@@H]13)[C@@H]2C(=O)O. The van der Waals surface area contributed by atoms with E-state index in [2.05, 4.69) is 0 Å². The molecule has 0 aromatic carbocycles. The number of carbonyl (C=O) groups is 2. The summed E-state index contributed by atoms with van der Waals surface area (Å²) in [6, 6.07) is 0. The number of fused-ring (bicyclic) bond motifs is 2. The van der Waals surface area contributed by atoms with E-state index in [4.69, 9.17) is 9.47 Å². The van der Waals surface area contributed by atoms with Gasteiger partial charge in [0.15, 0.2) is 6.23 Å². The summed E-state index contributed by atoms with van der Waals surface area (Å²) in [6.45, 7) is 2.92. The Hall–Kier alpha value is -1.40. The van der Waals surface area contributed by atoms with Crippen LogP contribution < -0.4 is 0 Å². The van der Waals surface area contributed by atoms with Crippen LogP contribution in [0.2, 0.25) is 0 Å². The van der Waals surface area contributed by atoms with Crippen molar-refractivity contribution in [2.24, 2.45) is 11.8 Å². The molecule has 0 unspecified atom stereocenters. The topological polar surface area (TPSA) is 76.1 Å². The van der Waals surface area contributed by atoms with Crippen molar-refractivity contribution in [1.82, 2.24) is 4.90 Å². The van der Waals surface area contributed by atoms with E-state index in [1.165, 1.54) is 0 Å². The van der Waals surface area contributed by atoms with E-state index < -0.39 is 35.2 Å². The first kappa shape index (κ1) is 11.4. The van der Waals surface area contributed by atoms with Crippen molar-refractivity contribution in [3.63, 3.8) is 0 Å². The van der Waals surface area contributed by atoms with Crippen LogP contribution in [0.5, 0.6) is 0 Å². The van der Waals surface area contributed by atoms with Crippen molar-refractivity contribution in [3.8, 4) is 0 Å². The molecule has 2 bridgehead atoms. The van der Waals surface area contributed by atoms with Gasteiger partial charge in [0.05, 0.1) is 18.1 Å². The number of amides is 1. The summed E-state index contributed by atoms with van der Waals surface area (Å²) in [7, 11) is 0. The van der Waals surface area contributed by atoms with Crippen LogP contribution in [0.1, 0.15) is 13.3 Å². The predicted octanol–water partition coefficient (Wildman–Crippen LogP) is -0.0105. The van der Waals surface area contributed by atoms with Crippen LogP contribution in [0.25, 0.3) is 0 Å². The molecule has 0 aromatic rings. The van der Waals surface area contributed by atoms with Gasteiger partial charge in [0.2, 0.25) is 5.91 Å². The minimum absolute atomic E-state index is 0.148. The number of carboxylic acids is 1. The Morgan fingerprint density at radius 3 is 3.05 bits per heavy atom. The number of ether oxygens (including phenoxy) is 2. The van der Waals surface area contributed by atoms with Gasteiger partial charge in [-0.25, -0.2) is 0 Å². The van der Waals surface area contributed by atoms with Crippen molar-refractivity contribution in [2.75, 3.05) is 13.2 Å². The van der Waals surface area contributed by atoms with Gasteiger partial charge in [-0.15, -0.1) is 0 Å². The maximum Gasteiger partial charge on any atom is 0.310 e. The third-order valence-corrected chi connectivity index (χ3v) is 4.81. The molecule has 6 heteroatoms. The minimum atomic E-state index is -0.980. The Bertz CT molecular complexity index is 517. The zero-order valence-electron chi connectivity index (χ0n) is 10.5. The zero-order chi connectivity index (χ0) is 13.4. The summed E-state index contributed by atoms with van der Waals surface area (Å²) < 4.78 is 11.7. The quantitative estimate of drug-likeness (QED) is 0.675. The Morgan fingerprint density at radius 1 is 1.53 bits per heavy atom. The fourth-order valence-corrected chi connectivity index (χ4v) is 4.10. The lowest BCUT2D eigenvalue weighted by Crippen LogP contribution is -2.50. The molecule has 1 amide bonds. The second-order valence-corrected chi connectivity index (χ2v) is 5.87. The predicted molar refractivity (Wildman–Crippen MR) is 62.0 cm³/mol. The molecule has 0 aliphatic carbocycles. The number of aliphatic carboxylic acids is 1. The van der Waals surface area contributed by atoms with Crippen LogP contribution in [-0.4, -0.2) is 52.5 Å². The summed E-state index contributed by atoms with van der Waals surface area (Å²) >= 11 is 0. The molecule has 3 saturated heterocycles. The largest absolute Gasteiger partial charge is 0.481 e. The highest BCUT2D eigenvalue weighted by molar-refractivity contribution is 5.91. The molecule has 19 heavy (non-hydrogen) atoms. The van der Waals surface area contributed by atoms with Crippen molar-refractivity contribution in [3.05, 3.63) is 12.2 Å². The molecule has 4 heterocycles. The molecule has 0 radical (unpaired) electrons. The first-order valence-electron chi connectivity index (χ1n) is 6.55. The van der Waals surface area contributed by atoms with Gasteiger partial charge < -0.3 is 19.5 Å². The van der Waals surface area contributed by atoms with E-state index in [1.807, 2.05) is 6.08 Å². The van der Waals surface area contributed by atoms with Crippen LogP contribution in [0.4, 0.5) is 0 Å². The molecule has 6 nitrogen and oxygen atoms in total. The van der Waals surface area contributed by atoms with Gasteiger partial charge in [-0.1, -0.05) is 6.08 Å². The van der Waals surface area contributed by atoms with Gasteiger partial charge in [0, 0.05) is 6.54 Å².